The highest BCUT2D eigenvalue weighted by Crippen LogP contribution is 2.68. The summed E-state index contributed by atoms with van der Waals surface area (Å²) in [6.45, 7) is 6.96. The molecule has 4 saturated carbocycles. The van der Waals surface area contributed by atoms with Gasteiger partial charge in [-0.25, -0.2) is 0 Å². The van der Waals surface area contributed by atoms with E-state index in [-0.39, 0.29) is 29.3 Å². The maximum atomic E-state index is 14.1. The van der Waals surface area contributed by atoms with Gasteiger partial charge in [-0.1, -0.05) is 76.1 Å². The Bertz CT molecular complexity index is 1150. The maximum absolute atomic E-state index is 14.1. The van der Waals surface area contributed by atoms with Crippen molar-refractivity contribution in [2.45, 2.75) is 90.1 Å². The lowest BCUT2D eigenvalue weighted by molar-refractivity contribution is -0.207. The number of hydrogen-bond donors (Lipinski definition) is 0. The molecule has 0 aromatic heterocycles. The lowest BCUT2D eigenvalue weighted by Crippen LogP contribution is -2.64. The highest BCUT2D eigenvalue weighted by Gasteiger charge is 2.70. The molecule has 2 aromatic carbocycles. The van der Waals surface area contributed by atoms with E-state index >= 15 is 0 Å². The van der Waals surface area contributed by atoms with E-state index in [9.17, 15) is 9.59 Å². The Morgan fingerprint density at radius 2 is 1.80 bits per heavy atom. The van der Waals surface area contributed by atoms with Crippen LogP contribution in [0.25, 0.3) is 10.8 Å². The van der Waals surface area contributed by atoms with Crippen molar-refractivity contribution in [1.82, 2.24) is 0 Å². The van der Waals surface area contributed by atoms with Gasteiger partial charge in [0.25, 0.3) is 0 Å². The number of carbonyl (C=O) groups is 2. The second-order valence-electron chi connectivity index (χ2n) is 12.8. The van der Waals surface area contributed by atoms with Gasteiger partial charge in [-0.05, 0) is 78.0 Å². The van der Waals surface area contributed by atoms with E-state index in [4.69, 9.17) is 4.74 Å². The topological polar surface area (TPSA) is 43.4 Å². The van der Waals surface area contributed by atoms with Crippen LogP contribution in [0.1, 0.15) is 84.1 Å². The van der Waals surface area contributed by atoms with Crippen LogP contribution in [-0.4, -0.2) is 17.9 Å². The summed E-state index contributed by atoms with van der Waals surface area (Å²) in [7, 11) is 0. The van der Waals surface area contributed by atoms with Crippen molar-refractivity contribution in [3.63, 3.8) is 0 Å². The number of benzene rings is 2. The van der Waals surface area contributed by atoms with Crippen LogP contribution in [0.2, 0.25) is 0 Å². The molecule has 3 heteroatoms. The number of ketones is 1. The van der Waals surface area contributed by atoms with E-state index in [1.807, 2.05) is 0 Å². The predicted molar refractivity (Wildman–Crippen MR) is 139 cm³/mol. The largest absolute Gasteiger partial charge is 0.462 e. The van der Waals surface area contributed by atoms with Gasteiger partial charge in [0.15, 0.2) is 0 Å². The van der Waals surface area contributed by atoms with Crippen molar-refractivity contribution in [3.8, 4) is 0 Å². The molecule has 4 fully saturated rings. The minimum atomic E-state index is -0.519. The Kier molecular flexibility index (Phi) is 5.62. The molecule has 0 N–H and O–H groups in total. The zero-order chi connectivity index (χ0) is 24.4. The Morgan fingerprint density at radius 1 is 1.00 bits per heavy atom. The van der Waals surface area contributed by atoms with Crippen LogP contribution in [0.3, 0.4) is 0 Å². The minimum absolute atomic E-state index is 0.0305. The number of Topliss-reactive ketones (excluding diaryl/α,β-unsaturated/α-hetero) is 1. The Morgan fingerprint density at radius 3 is 2.63 bits per heavy atom. The number of ether oxygens (including phenoxy) is 1. The molecular weight excluding hydrogens is 432 g/mol. The zero-order valence-corrected chi connectivity index (χ0v) is 21.6. The highest BCUT2D eigenvalue weighted by molar-refractivity contribution is 5.93. The second-order valence-corrected chi connectivity index (χ2v) is 12.8. The van der Waals surface area contributed by atoms with Crippen LogP contribution in [0.5, 0.6) is 0 Å². The number of carbonyl (C=O) groups excluding carboxylic acids is 2. The van der Waals surface area contributed by atoms with Gasteiger partial charge >= 0.3 is 5.97 Å². The number of hydrogen-bond acceptors (Lipinski definition) is 3. The third kappa shape index (κ3) is 3.51. The van der Waals surface area contributed by atoms with E-state index < -0.39 is 5.41 Å². The fraction of sp³-hybridized carbons (Fsp3) is 0.625. The van der Waals surface area contributed by atoms with E-state index in [1.54, 1.807) is 0 Å². The van der Waals surface area contributed by atoms with E-state index in [0.717, 1.165) is 44.9 Å². The molecule has 0 spiro atoms. The van der Waals surface area contributed by atoms with Crippen LogP contribution < -0.4 is 0 Å². The summed E-state index contributed by atoms with van der Waals surface area (Å²) in [6, 6.07) is 15.4. The lowest BCUT2D eigenvalue weighted by atomic mass is 9.43. The predicted octanol–water partition coefficient (Wildman–Crippen LogP) is 7.25. The first-order valence-corrected chi connectivity index (χ1v) is 14.1. The van der Waals surface area contributed by atoms with Crippen LogP contribution >= 0.6 is 0 Å². The van der Waals surface area contributed by atoms with Crippen LogP contribution in [0.4, 0.5) is 0 Å². The number of fused-ring (bicyclic) bond motifs is 5. The summed E-state index contributed by atoms with van der Waals surface area (Å²) < 4.78 is 6.60. The molecule has 4 aliphatic rings. The quantitative estimate of drug-likeness (QED) is 0.440. The minimum Gasteiger partial charge on any atom is -0.462 e. The summed E-state index contributed by atoms with van der Waals surface area (Å²) in [4.78, 5) is 27.0. The lowest BCUT2D eigenvalue weighted by Gasteiger charge is -2.59. The molecule has 186 valence electrons. The standard InChI is InChI=1S/C32H40O3/c1-20-13-16-26(31(2,3)23-15-14-21-8-4-5-9-22(21)19-23)28(18-20)35-30(34)32-17-7-12-27(33)29(32)24-10-6-11-25(24)32/h4-5,8-9,14-15,19-20,24-26,28-29H,6-7,10-13,16-18H2,1-3H3/t20-,24+,25-,26-,28-,29-,32+/m1/s1. The molecule has 0 amide bonds. The van der Waals surface area contributed by atoms with Crippen LogP contribution in [0, 0.1) is 35.0 Å². The van der Waals surface area contributed by atoms with Crippen LogP contribution in [-0.2, 0) is 19.7 Å². The Hall–Kier alpha value is -2.16. The van der Waals surface area contributed by atoms with Gasteiger partial charge < -0.3 is 4.74 Å². The van der Waals surface area contributed by atoms with Gasteiger partial charge in [0, 0.05) is 18.3 Å². The summed E-state index contributed by atoms with van der Waals surface area (Å²) in [5.74, 6) is 1.88. The van der Waals surface area contributed by atoms with Gasteiger partial charge in [0.1, 0.15) is 11.9 Å². The number of rotatable bonds is 4. The van der Waals surface area contributed by atoms with Crippen molar-refractivity contribution in [3.05, 3.63) is 48.0 Å². The fourth-order valence-corrected chi connectivity index (χ4v) is 8.82. The molecule has 0 radical (unpaired) electrons. The van der Waals surface area contributed by atoms with Crippen molar-refractivity contribution in [2.24, 2.45) is 35.0 Å². The molecule has 0 bridgehead atoms. The average Bonchev–Trinajstić information content (AvgIpc) is 3.26. The Balaban J connectivity index is 1.29. The Labute approximate surface area is 210 Å². The molecule has 0 heterocycles. The highest BCUT2D eigenvalue weighted by atomic mass is 16.5. The smallest absolute Gasteiger partial charge is 0.313 e. The maximum Gasteiger partial charge on any atom is 0.313 e. The summed E-state index contributed by atoms with van der Waals surface area (Å²) in [5.41, 5.74) is 0.694. The molecule has 4 aliphatic carbocycles. The molecule has 0 saturated heterocycles. The average molecular weight is 473 g/mol. The fourth-order valence-electron chi connectivity index (χ4n) is 8.82. The number of esters is 1. The first-order chi connectivity index (χ1) is 16.8. The monoisotopic (exact) mass is 472 g/mol. The van der Waals surface area contributed by atoms with Gasteiger partial charge in [0.05, 0.1) is 5.41 Å². The molecule has 2 aromatic rings. The summed E-state index contributed by atoms with van der Waals surface area (Å²) in [5, 5.41) is 2.52. The van der Waals surface area contributed by atoms with Gasteiger partial charge in [-0.15, -0.1) is 0 Å². The second kappa shape index (κ2) is 8.46. The summed E-state index contributed by atoms with van der Waals surface area (Å²) in [6.07, 6.45) is 8.81. The van der Waals surface area contributed by atoms with Gasteiger partial charge in [-0.3, -0.25) is 9.59 Å². The molecule has 0 unspecified atom stereocenters. The van der Waals surface area contributed by atoms with Crippen molar-refractivity contribution < 1.29 is 14.3 Å². The van der Waals surface area contributed by atoms with Crippen LogP contribution in [0.15, 0.2) is 42.5 Å². The first kappa shape index (κ1) is 23.3. The van der Waals surface area contributed by atoms with E-state index in [1.165, 1.54) is 22.8 Å². The van der Waals surface area contributed by atoms with E-state index in [0.29, 0.717) is 30.0 Å². The summed E-state index contributed by atoms with van der Waals surface area (Å²) >= 11 is 0. The van der Waals surface area contributed by atoms with E-state index in [2.05, 4.69) is 63.2 Å². The first-order valence-electron chi connectivity index (χ1n) is 14.1. The third-order valence-electron chi connectivity index (χ3n) is 10.7. The van der Waals surface area contributed by atoms with Gasteiger partial charge in [-0.2, -0.15) is 0 Å². The normalized spacial score (nSPS) is 36.8. The third-order valence-corrected chi connectivity index (χ3v) is 10.7. The van der Waals surface area contributed by atoms with Crippen molar-refractivity contribution >= 4 is 22.5 Å². The molecule has 6 rings (SSSR count). The molecule has 3 nitrogen and oxygen atoms in total. The SMILES string of the molecule is C[C@@H]1CC[C@@H](C(C)(C)c2ccc3ccccc3c2)[C@H](OC(=O)[C@]23CCCC(=O)[C@H]2[C@H]2CCC[C@H]23)C1. The van der Waals surface area contributed by atoms with Crippen molar-refractivity contribution in [2.75, 3.05) is 0 Å². The molecular formula is C32H40O3. The van der Waals surface area contributed by atoms with Crippen molar-refractivity contribution in [1.29, 1.82) is 0 Å². The molecule has 7 atom stereocenters. The molecule has 35 heavy (non-hydrogen) atoms. The van der Waals surface area contributed by atoms with Gasteiger partial charge in [0.2, 0.25) is 0 Å². The zero-order valence-electron chi connectivity index (χ0n) is 21.6. The molecule has 0 aliphatic heterocycles.